The number of hydrogen-bond acceptors (Lipinski definition) is 4. The number of methoxy groups -OCH3 is 1. The fourth-order valence-corrected chi connectivity index (χ4v) is 2.96. The van der Waals surface area contributed by atoms with Crippen molar-refractivity contribution in [3.8, 4) is 11.5 Å². The van der Waals surface area contributed by atoms with Crippen molar-refractivity contribution < 1.29 is 19.1 Å². The molecule has 2 aromatic rings. The van der Waals surface area contributed by atoms with E-state index in [-0.39, 0.29) is 24.5 Å². The topological polar surface area (TPSA) is 67.9 Å². The van der Waals surface area contributed by atoms with Crippen molar-refractivity contribution >= 4 is 11.8 Å². The van der Waals surface area contributed by atoms with Gasteiger partial charge in [-0.1, -0.05) is 31.2 Å². The van der Waals surface area contributed by atoms with E-state index in [1.165, 1.54) is 5.56 Å². The fourth-order valence-electron chi connectivity index (χ4n) is 2.96. The molecule has 6 nitrogen and oxygen atoms in total. The molecule has 0 fully saturated rings. The fraction of sp³-hybridized carbons (Fsp3) is 0.417. The van der Waals surface area contributed by atoms with Gasteiger partial charge in [-0.05, 0) is 62.6 Å². The maximum Gasteiger partial charge on any atom is 0.261 e. The van der Waals surface area contributed by atoms with Gasteiger partial charge in [0, 0.05) is 12.6 Å². The van der Waals surface area contributed by atoms with E-state index in [1.807, 2.05) is 62.4 Å². The second-order valence-electron chi connectivity index (χ2n) is 7.50. The van der Waals surface area contributed by atoms with E-state index in [0.717, 1.165) is 17.7 Å². The van der Waals surface area contributed by atoms with Crippen molar-refractivity contribution in [1.29, 1.82) is 0 Å². The number of carbonyl (C=O) groups excluding carboxylic acids is 2. The van der Waals surface area contributed by atoms with E-state index in [0.29, 0.717) is 12.3 Å². The van der Waals surface area contributed by atoms with Crippen LogP contribution in [0.1, 0.15) is 38.8 Å². The third-order valence-corrected chi connectivity index (χ3v) is 4.80. The average molecular weight is 413 g/mol. The van der Waals surface area contributed by atoms with E-state index in [1.54, 1.807) is 18.9 Å². The highest BCUT2D eigenvalue weighted by molar-refractivity contribution is 5.88. The van der Waals surface area contributed by atoms with Gasteiger partial charge in [-0.3, -0.25) is 9.59 Å². The molecule has 0 spiro atoms. The Morgan fingerprint density at radius 2 is 1.50 bits per heavy atom. The molecule has 0 heterocycles. The van der Waals surface area contributed by atoms with Crippen LogP contribution in [0.25, 0.3) is 0 Å². The number of nitrogens with one attached hydrogen (secondary N) is 1. The lowest BCUT2D eigenvalue weighted by atomic mass is 10.1. The maximum atomic E-state index is 13.0. The molecular weight excluding hydrogens is 380 g/mol. The van der Waals surface area contributed by atoms with Gasteiger partial charge in [0.1, 0.15) is 17.5 Å². The predicted molar refractivity (Wildman–Crippen MR) is 118 cm³/mol. The van der Waals surface area contributed by atoms with Crippen molar-refractivity contribution in [3.05, 3.63) is 59.7 Å². The highest BCUT2D eigenvalue weighted by atomic mass is 16.5. The van der Waals surface area contributed by atoms with E-state index >= 15 is 0 Å². The zero-order valence-corrected chi connectivity index (χ0v) is 18.5. The van der Waals surface area contributed by atoms with Crippen LogP contribution in [0, 0.1) is 0 Å². The Kier molecular flexibility index (Phi) is 8.71. The summed E-state index contributed by atoms with van der Waals surface area (Å²) in [4.78, 5) is 27.1. The van der Waals surface area contributed by atoms with Crippen LogP contribution in [-0.2, 0) is 22.6 Å². The molecule has 6 heteroatoms. The van der Waals surface area contributed by atoms with Gasteiger partial charge in [0.05, 0.1) is 7.11 Å². The predicted octanol–water partition coefficient (Wildman–Crippen LogP) is 3.58. The number of carbonyl (C=O) groups is 2. The molecule has 0 unspecified atom stereocenters. The standard InChI is InChI=1S/C24H32N2O4/c1-6-19-7-13-22(14-8-19)30-16-23(27)26(18(4)24(28)25-17(2)3)15-20-9-11-21(29-5)12-10-20/h7-14,17-18H,6,15-16H2,1-5H3,(H,25,28)/t18-/m1/s1. The summed E-state index contributed by atoms with van der Waals surface area (Å²) in [7, 11) is 1.60. The number of hydrogen-bond donors (Lipinski definition) is 1. The number of aryl methyl sites for hydroxylation is 1. The molecule has 2 aromatic carbocycles. The van der Waals surface area contributed by atoms with Gasteiger partial charge in [-0.25, -0.2) is 0 Å². The first kappa shape index (κ1) is 23.3. The van der Waals surface area contributed by atoms with E-state index in [4.69, 9.17) is 9.47 Å². The largest absolute Gasteiger partial charge is 0.497 e. The van der Waals surface area contributed by atoms with Gasteiger partial charge < -0.3 is 19.7 Å². The van der Waals surface area contributed by atoms with Gasteiger partial charge in [0.15, 0.2) is 6.61 Å². The highest BCUT2D eigenvalue weighted by Gasteiger charge is 2.26. The first-order chi connectivity index (χ1) is 14.3. The van der Waals surface area contributed by atoms with Crippen LogP contribution in [0.15, 0.2) is 48.5 Å². The van der Waals surface area contributed by atoms with Crippen LogP contribution in [0.3, 0.4) is 0 Å². The third kappa shape index (κ3) is 6.79. The molecule has 0 radical (unpaired) electrons. The monoisotopic (exact) mass is 412 g/mol. The number of nitrogens with zero attached hydrogens (tertiary/aromatic N) is 1. The molecule has 0 aliphatic heterocycles. The van der Waals surface area contributed by atoms with Gasteiger partial charge in [-0.15, -0.1) is 0 Å². The Balaban J connectivity index is 2.12. The molecule has 0 bridgehead atoms. The van der Waals surface area contributed by atoms with Crippen LogP contribution in [0.4, 0.5) is 0 Å². The summed E-state index contributed by atoms with van der Waals surface area (Å²) in [6, 6.07) is 14.5. The van der Waals surface area contributed by atoms with Crippen LogP contribution in [0.5, 0.6) is 11.5 Å². The minimum Gasteiger partial charge on any atom is -0.497 e. The number of rotatable bonds is 10. The third-order valence-electron chi connectivity index (χ3n) is 4.80. The zero-order chi connectivity index (χ0) is 22.1. The minimum atomic E-state index is -0.631. The highest BCUT2D eigenvalue weighted by Crippen LogP contribution is 2.16. The second-order valence-corrected chi connectivity index (χ2v) is 7.50. The first-order valence-corrected chi connectivity index (χ1v) is 10.3. The Morgan fingerprint density at radius 1 is 0.933 bits per heavy atom. The van der Waals surface area contributed by atoms with Gasteiger partial charge >= 0.3 is 0 Å². The molecule has 0 aromatic heterocycles. The molecule has 2 rings (SSSR count). The van der Waals surface area contributed by atoms with E-state index in [2.05, 4.69) is 12.2 Å². The van der Waals surface area contributed by atoms with Gasteiger partial charge in [0.2, 0.25) is 5.91 Å². The summed E-state index contributed by atoms with van der Waals surface area (Å²) >= 11 is 0. The van der Waals surface area contributed by atoms with Crippen molar-refractivity contribution in [1.82, 2.24) is 10.2 Å². The van der Waals surface area contributed by atoms with Gasteiger partial charge in [0.25, 0.3) is 5.91 Å². The average Bonchev–Trinajstić information content (AvgIpc) is 2.75. The quantitative estimate of drug-likeness (QED) is 0.648. The minimum absolute atomic E-state index is 0.00813. The summed E-state index contributed by atoms with van der Waals surface area (Å²) in [6.07, 6.45) is 0.942. The Morgan fingerprint density at radius 3 is 2.03 bits per heavy atom. The Bertz CT molecular complexity index is 816. The second kappa shape index (κ2) is 11.2. The summed E-state index contributed by atoms with van der Waals surface area (Å²) in [5, 5.41) is 2.87. The lowest BCUT2D eigenvalue weighted by Crippen LogP contribution is -2.50. The lowest BCUT2D eigenvalue weighted by molar-refractivity contribution is -0.142. The van der Waals surface area contributed by atoms with Crippen molar-refractivity contribution in [2.75, 3.05) is 13.7 Å². The summed E-state index contributed by atoms with van der Waals surface area (Å²) in [5.74, 6) is 0.918. The smallest absolute Gasteiger partial charge is 0.261 e. The van der Waals surface area contributed by atoms with Gasteiger partial charge in [-0.2, -0.15) is 0 Å². The Hall–Kier alpha value is -3.02. The van der Waals surface area contributed by atoms with Crippen LogP contribution in [-0.4, -0.2) is 42.5 Å². The SMILES string of the molecule is CCc1ccc(OCC(=O)N(Cc2ccc(OC)cc2)[C@H](C)C(=O)NC(C)C)cc1. The number of ether oxygens (including phenoxy) is 2. The molecule has 1 N–H and O–H groups in total. The van der Waals surface area contributed by atoms with E-state index < -0.39 is 6.04 Å². The Labute approximate surface area is 179 Å². The van der Waals surface area contributed by atoms with Crippen LogP contribution < -0.4 is 14.8 Å². The normalized spacial score (nSPS) is 11.7. The molecule has 0 aliphatic carbocycles. The molecule has 162 valence electrons. The molecule has 0 saturated carbocycles. The number of benzene rings is 2. The van der Waals surface area contributed by atoms with Crippen molar-refractivity contribution in [2.24, 2.45) is 0 Å². The first-order valence-electron chi connectivity index (χ1n) is 10.3. The molecule has 0 saturated heterocycles. The van der Waals surface area contributed by atoms with Crippen LogP contribution in [0.2, 0.25) is 0 Å². The molecule has 0 aliphatic rings. The summed E-state index contributed by atoms with van der Waals surface area (Å²) in [5.41, 5.74) is 2.11. The molecule has 1 atom stereocenters. The zero-order valence-electron chi connectivity index (χ0n) is 18.5. The van der Waals surface area contributed by atoms with Crippen molar-refractivity contribution in [2.45, 2.75) is 52.7 Å². The molecular formula is C24H32N2O4. The maximum absolute atomic E-state index is 13.0. The molecule has 30 heavy (non-hydrogen) atoms. The summed E-state index contributed by atoms with van der Waals surface area (Å²) < 4.78 is 10.9. The van der Waals surface area contributed by atoms with E-state index in [9.17, 15) is 9.59 Å². The number of amides is 2. The lowest BCUT2D eigenvalue weighted by Gasteiger charge is -2.29. The molecule has 2 amide bonds. The summed E-state index contributed by atoms with van der Waals surface area (Å²) in [6.45, 7) is 7.76. The van der Waals surface area contributed by atoms with Crippen molar-refractivity contribution in [3.63, 3.8) is 0 Å². The van der Waals surface area contributed by atoms with Crippen LogP contribution >= 0.6 is 0 Å².